The fraction of sp³-hybridized carbons (Fsp3) is 0.182. The van der Waals surface area contributed by atoms with E-state index in [1.165, 1.54) is 16.9 Å². The Morgan fingerprint density at radius 2 is 1.79 bits per heavy atom. The van der Waals surface area contributed by atoms with E-state index in [0.717, 1.165) is 11.3 Å². The fourth-order valence-corrected chi connectivity index (χ4v) is 3.31. The van der Waals surface area contributed by atoms with Crippen LogP contribution in [0.4, 0.5) is 5.69 Å². The highest BCUT2D eigenvalue weighted by Crippen LogP contribution is 2.18. The van der Waals surface area contributed by atoms with E-state index in [2.05, 4.69) is 16.7 Å². The number of hydrogen-bond donors (Lipinski definition) is 2. The summed E-state index contributed by atoms with van der Waals surface area (Å²) in [5, 5.41) is 7.50. The lowest BCUT2D eigenvalue weighted by atomic mass is 10.1. The van der Waals surface area contributed by atoms with E-state index >= 15 is 0 Å². The van der Waals surface area contributed by atoms with Gasteiger partial charge in [-0.3, -0.25) is 9.59 Å². The normalized spacial score (nSPS) is 10.4. The lowest BCUT2D eigenvalue weighted by Gasteiger charge is -2.11. The molecule has 1 aromatic heterocycles. The minimum atomic E-state index is -0.180. The van der Waals surface area contributed by atoms with Crippen LogP contribution in [0.25, 0.3) is 0 Å². The first kappa shape index (κ1) is 19.6. The van der Waals surface area contributed by atoms with Gasteiger partial charge in [0.05, 0.1) is 11.4 Å². The zero-order valence-electron chi connectivity index (χ0n) is 15.8. The standard InChI is InChI=1S/C22H22N2O3S/c1-15-5-10-19(16(2)14-15)27-12-11-23-21(25)17-6-8-18(9-7-17)24-22(26)20-4-3-13-28-20/h3-10,13-14H,11-12H2,1-2H3,(H,23,25)(H,24,26). The molecule has 0 atom stereocenters. The van der Waals surface area contributed by atoms with Gasteiger partial charge in [-0.15, -0.1) is 11.3 Å². The summed E-state index contributed by atoms with van der Waals surface area (Å²) in [6.45, 7) is 4.84. The third-order valence-electron chi connectivity index (χ3n) is 4.13. The van der Waals surface area contributed by atoms with E-state index in [0.29, 0.717) is 29.3 Å². The van der Waals surface area contributed by atoms with Gasteiger partial charge in [-0.05, 0) is 61.2 Å². The number of thiophene rings is 1. The maximum absolute atomic E-state index is 12.2. The van der Waals surface area contributed by atoms with Crippen molar-refractivity contribution >= 4 is 28.8 Å². The lowest BCUT2D eigenvalue weighted by molar-refractivity contribution is 0.0946. The van der Waals surface area contributed by atoms with Crippen LogP contribution in [0.2, 0.25) is 0 Å². The topological polar surface area (TPSA) is 67.4 Å². The summed E-state index contributed by atoms with van der Waals surface area (Å²) < 4.78 is 5.72. The zero-order chi connectivity index (χ0) is 19.9. The van der Waals surface area contributed by atoms with Gasteiger partial charge in [-0.2, -0.15) is 0 Å². The molecule has 0 unspecified atom stereocenters. The van der Waals surface area contributed by atoms with Gasteiger partial charge in [-0.25, -0.2) is 0 Å². The maximum Gasteiger partial charge on any atom is 0.265 e. The SMILES string of the molecule is Cc1ccc(OCCNC(=O)c2ccc(NC(=O)c3cccs3)cc2)c(C)c1. The molecule has 28 heavy (non-hydrogen) atoms. The molecule has 0 spiro atoms. The van der Waals surface area contributed by atoms with Crippen LogP contribution in [0.5, 0.6) is 5.75 Å². The first-order chi connectivity index (χ1) is 13.5. The summed E-state index contributed by atoms with van der Waals surface area (Å²) >= 11 is 1.38. The molecule has 0 aliphatic rings. The van der Waals surface area contributed by atoms with Gasteiger partial charge >= 0.3 is 0 Å². The van der Waals surface area contributed by atoms with Crippen molar-refractivity contribution in [2.75, 3.05) is 18.5 Å². The molecule has 2 N–H and O–H groups in total. The molecule has 0 saturated heterocycles. The highest BCUT2D eigenvalue weighted by atomic mass is 32.1. The first-order valence-electron chi connectivity index (χ1n) is 8.96. The van der Waals surface area contributed by atoms with Gasteiger partial charge in [0, 0.05) is 11.3 Å². The minimum Gasteiger partial charge on any atom is -0.491 e. The third kappa shape index (κ3) is 5.20. The largest absolute Gasteiger partial charge is 0.491 e. The molecule has 3 rings (SSSR count). The Hall–Kier alpha value is -3.12. The van der Waals surface area contributed by atoms with Crippen molar-refractivity contribution in [3.05, 3.63) is 81.5 Å². The summed E-state index contributed by atoms with van der Waals surface area (Å²) in [7, 11) is 0. The molecule has 3 aromatic rings. The molecule has 2 amide bonds. The Morgan fingerprint density at radius 3 is 2.46 bits per heavy atom. The maximum atomic E-state index is 12.2. The third-order valence-corrected chi connectivity index (χ3v) is 4.99. The minimum absolute atomic E-state index is 0.157. The first-order valence-corrected chi connectivity index (χ1v) is 9.84. The van der Waals surface area contributed by atoms with Crippen LogP contribution in [0.1, 0.15) is 31.2 Å². The lowest BCUT2D eigenvalue weighted by Crippen LogP contribution is -2.28. The molecule has 1 heterocycles. The molecule has 0 fully saturated rings. The zero-order valence-corrected chi connectivity index (χ0v) is 16.6. The van der Waals surface area contributed by atoms with E-state index in [1.807, 2.05) is 37.4 Å². The Labute approximate surface area is 168 Å². The molecular weight excluding hydrogens is 372 g/mol. The molecule has 0 bridgehead atoms. The monoisotopic (exact) mass is 394 g/mol. The number of hydrogen-bond acceptors (Lipinski definition) is 4. The Balaban J connectivity index is 1.46. The van der Waals surface area contributed by atoms with Crippen molar-refractivity contribution in [2.24, 2.45) is 0 Å². The summed E-state index contributed by atoms with van der Waals surface area (Å²) in [6.07, 6.45) is 0. The van der Waals surface area contributed by atoms with Gasteiger partial charge in [0.2, 0.25) is 0 Å². The van der Waals surface area contributed by atoms with Crippen molar-refractivity contribution in [3.8, 4) is 5.75 Å². The molecule has 0 aliphatic carbocycles. The second kappa shape index (κ2) is 9.19. The average molecular weight is 394 g/mol. The summed E-state index contributed by atoms with van der Waals surface area (Å²) in [5.41, 5.74) is 3.44. The van der Waals surface area contributed by atoms with Crippen molar-refractivity contribution < 1.29 is 14.3 Å². The van der Waals surface area contributed by atoms with Crippen LogP contribution in [-0.4, -0.2) is 25.0 Å². The van der Waals surface area contributed by atoms with E-state index in [-0.39, 0.29) is 11.8 Å². The van der Waals surface area contributed by atoms with E-state index in [9.17, 15) is 9.59 Å². The molecule has 5 nitrogen and oxygen atoms in total. The van der Waals surface area contributed by atoms with Crippen LogP contribution < -0.4 is 15.4 Å². The number of benzene rings is 2. The quantitative estimate of drug-likeness (QED) is 0.583. The number of nitrogens with one attached hydrogen (secondary N) is 2. The molecule has 2 aromatic carbocycles. The number of anilines is 1. The van der Waals surface area contributed by atoms with Gasteiger partial charge in [-0.1, -0.05) is 23.8 Å². The average Bonchev–Trinajstić information content (AvgIpc) is 3.22. The molecule has 6 heteroatoms. The Morgan fingerprint density at radius 1 is 1.00 bits per heavy atom. The van der Waals surface area contributed by atoms with Crippen molar-refractivity contribution in [2.45, 2.75) is 13.8 Å². The number of ether oxygens (including phenoxy) is 1. The highest BCUT2D eigenvalue weighted by molar-refractivity contribution is 7.12. The van der Waals surface area contributed by atoms with Gasteiger partial charge in [0.25, 0.3) is 11.8 Å². The number of aryl methyl sites for hydroxylation is 2. The summed E-state index contributed by atoms with van der Waals surface area (Å²) in [5.74, 6) is 0.488. The number of carbonyl (C=O) groups is 2. The van der Waals surface area contributed by atoms with Crippen molar-refractivity contribution in [1.29, 1.82) is 0 Å². The molecule has 0 saturated carbocycles. The van der Waals surface area contributed by atoms with Crippen LogP contribution >= 0.6 is 11.3 Å². The van der Waals surface area contributed by atoms with Gasteiger partial charge in [0.1, 0.15) is 12.4 Å². The summed E-state index contributed by atoms with van der Waals surface area (Å²) in [4.78, 5) is 24.9. The van der Waals surface area contributed by atoms with Crippen LogP contribution in [0.15, 0.2) is 60.0 Å². The Bertz CT molecular complexity index is 950. The number of carbonyl (C=O) groups excluding carboxylic acids is 2. The van der Waals surface area contributed by atoms with Gasteiger partial charge < -0.3 is 15.4 Å². The highest BCUT2D eigenvalue weighted by Gasteiger charge is 2.09. The predicted octanol–water partition coefficient (Wildman–Crippen LogP) is 4.43. The predicted molar refractivity (Wildman–Crippen MR) is 112 cm³/mol. The van der Waals surface area contributed by atoms with E-state index < -0.39 is 0 Å². The second-order valence-corrected chi connectivity index (χ2v) is 7.33. The Kier molecular flexibility index (Phi) is 6.45. The molecule has 0 aliphatic heterocycles. The van der Waals surface area contributed by atoms with Crippen LogP contribution in [-0.2, 0) is 0 Å². The van der Waals surface area contributed by atoms with Crippen molar-refractivity contribution in [1.82, 2.24) is 5.32 Å². The summed E-state index contributed by atoms with van der Waals surface area (Å²) in [6, 6.07) is 16.4. The number of amides is 2. The van der Waals surface area contributed by atoms with E-state index in [4.69, 9.17) is 4.74 Å². The van der Waals surface area contributed by atoms with Crippen LogP contribution in [0, 0.1) is 13.8 Å². The fourth-order valence-electron chi connectivity index (χ4n) is 2.69. The smallest absolute Gasteiger partial charge is 0.265 e. The van der Waals surface area contributed by atoms with Crippen LogP contribution in [0.3, 0.4) is 0 Å². The van der Waals surface area contributed by atoms with Crippen molar-refractivity contribution in [3.63, 3.8) is 0 Å². The molecule has 144 valence electrons. The second-order valence-electron chi connectivity index (χ2n) is 6.38. The van der Waals surface area contributed by atoms with E-state index in [1.54, 1.807) is 30.3 Å². The van der Waals surface area contributed by atoms with Gasteiger partial charge in [0.15, 0.2) is 0 Å². The molecule has 0 radical (unpaired) electrons. The molecular formula is C22H22N2O3S. The number of rotatable bonds is 7.